The summed E-state index contributed by atoms with van der Waals surface area (Å²) < 4.78 is 5.75. The number of rotatable bonds is 4. The molecule has 1 N–H and O–H groups in total. The summed E-state index contributed by atoms with van der Waals surface area (Å²) in [6.07, 6.45) is 1.32. The van der Waals surface area contributed by atoms with Crippen LogP contribution in [-0.2, 0) is 4.79 Å². The molecule has 1 saturated heterocycles. The van der Waals surface area contributed by atoms with Gasteiger partial charge in [-0.05, 0) is 24.3 Å². The van der Waals surface area contributed by atoms with Gasteiger partial charge in [-0.25, -0.2) is 4.79 Å². The number of amides is 1. The van der Waals surface area contributed by atoms with Gasteiger partial charge in [0, 0.05) is 19.4 Å². The molecule has 0 saturated carbocycles. The predicted octanol–water partition coefficient (Wildman–Crippen LogP) is 1.77. The second-order valence-corrected chi connectivity index (χ2v) is 4.55. The van der Waals surface area contributed by atoms with Crippen molar-refractivity contribution in [2.45, 2.75) is 25.9 Å². The third-order valence-corrected chi connectivity index (χ3v) is 3.20. The number of benzene rings is 1. The molecule has 1 unspecified atom stereocenters. The molecule has 0 bridgehead atoms. The number of nitrogens with zero attached hydrogens (tertiary/aromatic N) is 1. The molecule has 0 radical (unpaired) electrons. The van der Waals surface area contributed by atoms with Crippen LogP contribution >= 0.6 is 0 Å². The van der Waals surface area contributed by atoms with Crippen LogP contribution in [0.25, 0.3) is 0 Å². The van der Waals surface area contributed by atoms with Crippen LogP contribution < -0.4 is 4.74 Å². The molecule has 1 fully saturated rings. The van der Waals surface area contributed by atoms with E-state index in [4.69, 9.17) is 9.84 Å². The van der Waals surface area contributed by atoms with E-state index in [1.165, 1.54) is 12.1 Å². The summed E-state index contributed by atoms with van der Waals surface area (Å²) in [5.74, 6) is -0.166. The molecule has 1 amide bonds. The summed E-state index contributed by atoms with van der Waals surface area (Å²) in [5.41, 5.74) is 0.238. The largest absolute Gasteiger partial charge is 0.489 e. The van der Waals surface area contributed by atoms with Crippen molar-refractivity contribution in [3.05, 3.63) is 29.8 Å². The van der Waals surface area contributed by atoms with Gasteiger partial charge in [-0.2, -0.15) is 0 Å². The van der Waals surface area contributed by atoms with Crippen molar-refractivity contribution in [1.82, 2.24) is 4.90 Å². The highest BCUT2D eigenvalue weighted by molar-refractivity contribution is 5.87. The lowest BCUT2D eigenvalue weighted by molar-refractivity contribution is -0.130. The third-order valence-electron chi connectivity index (χ3n) is 3.20. The van der Waals surface area contributed by atoms with Gasteiger partial charge >= 0.3 is 5.97 Å². The Balaban J connectivity index is 1.92. The minimum atomic E-state index is -0.952. The van der Waals surface area contributed by atoms with Crippen molar-refractivity contribution in [3.8, 4) is 5.75 Å². The van der Waals surface area contributed by atoms with Crippen LogP contribution in [0.2, 0.25) is 0 Å². The lowest BCUT2D eigenvalue weighted by atomic mass is 10.2. The van der Waals surface area contributed by atoms with Gasteiger partial charge in [0.2, 0.25) is 5.91 Å². The summed E-state index contributed by atoms with van der Waals surface area (Å²) in [5, 5.41) is 8.80. The Bertz CT molecular complexity index is 469. The molecule has 2 rings (SSSR count). The number of hydrogen-bond acceptors (Lipinski definition) is 3. The summed E-state index contributed by atoms with van der Waals surface area (Å²) in [6.45, 7) is 3.18. The number of aromatic carboxylic acids is 1. The van der Waals surface area contributed by atoms with E-state index in [1.807, 2.05) is 6.92 Å². The molecule has 5 heteroatoms. The maximum Gasteiger partial charge on any atom is 0.335 e. The predicted molar refractivity (Wildman–Crippen MR) is 69.3 cm³/mol. The second-order valence-electron chi connectivity index (χ2n) is 4.55. The van der Waals surface area contributed by atoms with E-state index in [0.29, 0.717) is 18.7 Å². The van der Waals surface area contributed by atoms with E-state index in [-0.39, 0.29) is 17.6 Å². The summed E-state index contributed by atoms with van der Waals surface area (Å²) in [7, 11) is 0. The maximum absolute atomic E-state index is 11.5. The molecule has 1 aromatic carbocycles. The van der Waals surface area contributed by atoms with Gasteiger partial charge in [0.1, 0.15) is 11.9 Å². The number of likely N-dealkylation sites (tertiary alicyclic amines) is 1. The molecular formula is C14H17NO4. The van der Waals surface area contributed by atoms with Crippen molar-refractivity contribution in [2.24, 2.45) is 0 Å². The van der Waals surface area contributed by atoms with Crippen LogP contribution in [0.4, 0.5) is 0 Å². The number of carbonyl (C=O) groups excluding carboxylic acids is 1. The molecule has 5 nitrogen and oxygen atoms in total. The van der Waals surface area contributed by atoms with Crippen molar-refractivity contribution < 1.29 is 19.4 Å². The zero-order valence-corrected chi connectivity index (χ0v) is 10.8. The SMILES string of the molecule is CCC(=O)N1CCC(Oc2ccc(C(=O)O)cc2)C1. The Morgan fingerprint density at radius 1 is 1.37 bits per heavy atom. The number of ether oxygens (including phenoxy) is 1. The summed E-state index contributed by atoms with van der Waals surface area (Å²) in [4.78, 5) is 24.1. The third kappa shape index (κ3) is 3.24. The maximum atomic E-state index is 11.5. The number of carboxylic acids is 1. The van der Waals surface area contributed by atoms with Gasteiger partial charge in [-0.3, -0.25) is 4.79 Å². The topological polar surface area (TPSA) is 66.8 Å². The number of hydrogen-bond donors (Lipinski definition) is 1. The van der Waals surface area contributed by atoms with Crippen molar-refractivity contribution in [2.75, 3.05) is 13.1 Å². The van der Waals surface area contributed by atoms with Gasteiger partial charge in [-0.1, -0.05) is 6.92 Å². The fourth-order valence-corrected chi connectivity index (χ4v) is 2.14. The standard InChI is InChI=1S/C14H17NO4/c1-2-13(16)15-8-7-12(9-15)19-11-5-3-10(4-6-11)14(17)18/h3-6,12H,2,7-9H2,1H3,(H,17,18). The average molecular weight is 263 g/mol. The van der Waals surface area contributed by atoms with Crippen molar-refractivity contribution in [3.63, 3.8) is 0 Å². The molecule has 0 spiro atoms. The zero-order valence-electron chi connectivity index (χ0n) is 10.8. The first-order chi connectivity index (χ1) is 9.10. The minimum Gasteiger partial charge on any atom is -0.489 e. The minimum absolute atomic E-state index is 0.00817. The first-order valence-corrected chi connectivity index (χ1v) is 6.38. The first kappa shape index (κ1) is 13.4. The van der Waals surface area contributed by atoms with E-state index in [2.05, 4.69) is 0 Å². The van der Waals surface area contributed by atoms with Crippen LogP contribution in [0, 0.1) is 0 Å². The number of carboxylic acid groups (broad SMARTS) is 1. The second kappa shape index (κ2) is 5.73. The molecule has 0 aliphatic carbocycles. The van der Waals surface area contributed by atoms with Crippen LogP contribution in [0.3, 0.4) is 0 Å². The molecule has 0 aromatic heterocycles. The molecule has 102 valence electrons. The number of carbonyl (C=O) groups is 2. The fourth-order valence-electron chi connectivity index (χ4n) is 2.14. The van der Waals surface area contributed by atoms with Gasteiger partial charge in [-0.15, -0.1) is 0 Å². The Kier molecular flexibility index (Phi) is 4.04. The van der Waals surface area contributed by atoms with Crippen LogP contribution in [0.1, 0.15) is 30.1 Å². The average Bonchev–Trinajstić information content (AvgIpc) is 2.87. The Morgan fingerprint density at radius 3 is 2.63 bits per heavy atom. The molecule has 19 heavy (non-hydrogen) atoms. The van der Waals surface area contributed by atoms with E-state index in [9.17, 15) is 9.59 Å². The van der Waals surface area contributed by atoms with Gasteiger partial charge in [0.05, 0.1) is 12.1 Å². The molecule has 1 aliphatic rings. The smallest absolute Gasteiger partial charge is 0.335 e. The van der Waals surface area contributed by atoms with E-state index >= 15 is 0 Å². The molecule has 1 heterocycles. The summed E-state index contributed by atoms with van der Waals surface area (Å²) >= 11 is 0. The van der Waals surface area contributed by atoms with E-state index in [1.54, 1.807) is 17.0 Å². The highest BCUT2D eigenvalue weighted by atomic mass is 16.5. The van der Waals surface area contributed by atoms with Crippen LogP contribution in [0.15, 0.2) is 24.3 Å². The molecule has 1 aliphatic heterocycles. The normalized spacial score (nSPS) is 18.4. The Hall–Kier alpha value is -2.04. The zero-order chi connectivity index (χ0) is 13.8. The summed E-state index contributed by atoms with van der Waals surface area (Å²) in [6, 6.07) is 6.32. The molecule has 1 atom stereocenters. The lowest BCUT2D eigenvalue weighted by Gasteiger charge is -2.16. The Morgan fingerprint density at radius 2 is 2.05 bits per heavy atom. The van der Waals surface area contributed by atoms with Crippen LogP contribution in [0.5, 0.6) is 5.75 Å². The highest BCUT2D eigenvalue weighted by Gasteiger charge is 2.26. The monoisotopic (exact) mass is 263 g/mol. The van der Waals surface area contributed by atoms with Gasteiger partial charge in [0.15, 0.2) is 0 Å². The molecule has 1 aromatic rings. The first-order valence-electron chi connectivity index (χ1n) is 6.38. The van der Waals surface area contributed by atoms with Gasteiger partial charge in [0.25, 0.3) is 0 Å². The van der Waals surface area contributed by atoms with E-state index in [0.717, 1.165) is 13.0 Å². The van der Waals surface area contributed by atoms with Gasteiger partial charge < -0.3 is 14.7 Å². The van der Waals surface area contributed by atoms with Crippen LogP contribution in [-0.4, -0.2) is 41.1 Å². The van der Waals surface area contributed by atoms with E-state index < -0.39 is 5.97 Å². The van der Waals surface area contributed by atoms with Crippen molar-refractivity contribution >= 4 is 11.9 Å². The quantitative estimate of drug-likeness (QED) is 0.899. The highest BCUT2D eigenvalue weighted by Crippen LogP contribution is 2.19. The lowest BCUT2D eigenvalue weighted by Crippen LogP contribution is -2.30. The fraction of sp³-hybridized carbons (Fsp3) is 0.429. The molecular weight excluding hydrogens is 246 g/mol. The van der Waals surface area contributed by atoms with Crippen molar-refractivity contribution in [1.29, 1.82) is 0 Å². The Labute approximate surface area is 111 Å².